The van der Waals surface area contributed by atoms with E-state index in [9.17, 15) is 0 Å². The second kappa shape index (κ2) is 11.4. The van der Waals surface area contributed by atoms with E-state index in [0.717, 1.165) is 33.0 Å². The summed E-state index contributed by atoms with van der Waals surface area (Å²) in [5, 5.41) is 1.92. The molecule has 50 heavy (non-hydrogen) atoms. The van der Waals surface area contributed by atoms with Crippen molar-refractivity contribution in [1.29, 1.82) is 0 Å². The van der Waals surface area contributed by atoms with E-state index >= 15 is 0 Å². The van der Waals surface area contributed by atoms with Crippen LogP contribution < -0.4 is 0 Å². The van der Waals surface area contributed by atoms with Crippen molar-refractivity contribution >= 4 is 43.9 Å². The molecule has 0 bridgehead atoms. The Kier molecular flexibility index (Phi) is 4.99. The monoisotopic (exact) mass is 648 g/mol. The first-order chi connectivity index (χ1) is 27.7. The third kappa shape index (κ3) is 4.75. The van der Waals surface area contributed by atoms with Gasteiger partial charge in [-0.2, -0.15) is 0 Å². The van der Waals surface area contributed by atoms with Crippen LogP contribution in [-0.4, -0.2) is 15.0 Å². The molecule has 0 amide bonds. The van der Waals surface area contributed by atoms with Gasteiger partial charge < -0.3 is 8.83 Å². The van der Waals surface area contributed by atoms with Gasteiger partial charge in [0.25, 0.3) is 0 Å². The van der Waals surface area contributed by atoms with Gasteiger partial charge >= 0.3 is 0 Å². The molecule has 3 heterocycles. The molecule has 0 unspecified atom stereocenters. The number of para-hydroxylation sites is 3. The number of aromatic nitrogens is 3. The summed E-state index contributed by atoms with van der Waals surface area (Å²) in [5.74, 6) is 1.26. The summed E-state index contributed by atoms with van der Waals surface area (Å²) in [4.78, 5) is 14.9. The molecule has 5 nitrogen and oxygen atoms in total. The summed E-state index contributed by atoms with van der Waals surface area (Å²) in [6, 6.07) is 36.4. The van der Waals surface area contributed by atoms with Crippen molar-refractivity contribution in [2.45, 2.75) is 0 Å². The van der Waals surface area contributed by atoms with Crippen LogP contribution in [0, 0.1) is 0 Å². The first kappa shape index (κ1) is 21.9. The molecule has 0 aliphatic heterocycles. The van der Waals surface area contributed by atoms with Gasteiger partial charge in [-0.25, -0.2) is 15.0 Å². The van der Waals surface area contributed by atoms with E-state index in [1.165, 1.54) is 0 Å². The Morgan fingerprint density at radius 1 is 0.380 bits per heavy atom. The van der Waals surface area contributed by atoms with E-state index in [-0.39, 0.29) is 51.7 Å². The molecule has 0 fully saturated rings. The summed E-state index contributed by atoms with van der Waals surface area (Å²) in [6.07, 6.45) is 0. The number of furan rings is 2. The van der Waals surface area contributed by atoms with Crippen LogP contribution in [-0.2, 0) is 0 Å². The maximum atomic E-state index is 9.08. The van der Waals surface area contributed by atoms with Crippen LogP contribution in [0.2, 0.25) is 0 Å². The maximum Gasteiger partial charge on any atom is 0.167 e. The van der Waals surface area contributed by atoms with E-state index in [4.69, 9.17) is 33.4 Å². The molecular weight excluding hydrogens is 615 g/mol. The van der Waals surface area contributed by atoms with Gasteiger partial charge in [-0.3, -0.25) is 0 Å². The first-order valence-corrected chi connectivity index (χ1v) is 16.0. The van der Waals surface area contributed by atoms with E-state index in [1.807, 2.05) is 84.9 Å². The van der Waals surface area contributed by atoms with E-state index in [1.54, 1.807) is 24.3 Å². The van der Waals surface area contributed by atoms with E-state index in [2.05, 4.69) is 12.1 Å². The van der Waals surface area contributed by atoms with Crippen LogP contribution in [0.4, 0.5) is 0 Å². The van der Waals surface area contributed by atoms with E-state index < -0.39 is 18.1 Å². The average Bonchev–Trinajstić information content (AvgIpc) is 3.85. The molecular formula is C45H27N3O2. The standard InChI is InChI=1S/C45H27N3O2/c1-2-9-28(10-3-1)29-17-21-31(22-18-29)43-46-44(48-45(47-43)38-14-8-13-37-35-12-5-7-16-40(35)50-42(37)38)32-23-19-30(20-24-32)33-25-26-36-34-11-4-6-15-39(34)49-41(36)27-33/h1-27H/i4D,6D,11D,15D,25D,26D,27D. The highest BCUT2D eigenvalue weighted by molar-refractivity contribution is 6.09. The topological polar surface area (TPSA) is 65.0 Å². The van der Waals surface area contributed by atoms with Crippen LogP contribution in [0.3, 0.4) is 0 Å². The van der Waals surface area contributed by atoms with Crippen LogP contribution in [0.1, 0.15) is 9.60 Å². The molecule has 0 atom stereocenters. The second-order valence-electron chi connectivity index (χ2n) is 11.9. The lowest BCUT2D eigenvalue weighted by Gasteiger charge is -2.10. The highest BCUT2D eigenvalue weighted by Gasteiger charge is 2.18. The van der Waals surface area contributed by atoms with Crippen molar-refractivity contribution in [2.24, 2.45) is 0 Å². The lowest BCUT2D eigenvalue weighted by atomic mass is 10.0. The van der Waals surface area contributed by atoms with Crippen LogP contribution in [0.5, 0.6) is 0 Å². The van der Waals surface area contributed by atoms with Gasteiger partial charge in [0.1, 0.15) is 22.3 Å². The molecule has 0 spiro atoms. The molecule has 3 aromatic heterocycles. The molecule has 0 saturated heterocycles. The predicted octanol–water partition coefficient (Wildman–Crippen LogP) is 12.0. The molecule has 0 radical (unpaired) electrons. The normalized spacial score (nSPS) is 13.6. The lowest BCUT2D eigenvalue weighted by Crippen LogP contribution is -2.00. The Labute approximate surface area is 297 Å². The van der Waals surface area contributed by atoms with Crippen molar-refractivity contribution in [3.05, 3.63) is 164 Å². The summed E-state index contributed by atoms with van der Waals surface area (Å²) in [7, 11) is 0. The minimum atomic E-state index is -0.477. The zero-order valence-electron chi connectivity index (χ0n) is 33.2. The molecule has 0 N–H and O–H groups in total. The summed E-state index contributed by atoms with van der Waals surface area (Å²) in [5.41, 5.74) is 6.03. The van der Waals surface area contributed by atoms with Crippen LogP contribution >= 0.6 is 0 Å². The Hall–Kier alpha value is -6.85. The molecule has 10 aromatic rings. The number of nitrogens with zero attached hydrogens (tertiary/aromatic N) is 3. The quantitative estimate of drug-likeness (QED) is 0.186. The van der Waals surface area contributed by atoms with Crippen LogP contribution in [0.15, 0.2) is 172 Å². The third-order valence-electron chi connectivity index (χ3n) is 8.85. The molecule has 5 heteroatoms. The zero-order chi connectivity index (χ0) is 39.1. The van der Waals surface area contributed by atoms with Crippen molar-refractivity contribution in [3.63, 3.8) is 0 Å². The van der Waals surface area contributed by atoms with E-state index in [0.29, 0.717) is 39.7 Å². The fraction of sp³-hybridized carbons (Fsp3) is 0. The smallest absolute Gasteiger partial charge is 0.167 e. The van der Waals surface area contributed by atoms with Gasteiger partial charge in [-0.1, -0.05) is 133 Å². The number of rotatable bonds is 5. The SMILES string of the molecule is [2H]c1c([2H])c([2H])c2c(oc3c([2H])c(-c4ccc(-c5nc(-c6ccc(-c7ccccc7)cc6)nc(-c6cccc7c6oc6ccccc67)n5)cc4)c([2H])c([2H])c32)c1[2H]. The number of hydrogen-bond acceptors (Lipinski definition) is 5. The molecule has 7 aromatic carbocycles. The Balaban J connectivity index is 1.11. The fourth-order valence-corrected chi connectivity index (χ4v) is 6.35. The number of fused-ring (bicyclic) bond motifs is 6. The minimum Gasteiger partial charge on any atom is -0.456 e. The van der Waals surface area contributed by atoms with Crippen molar-refractivity contribution in [1.82, 2.24) is 15.0 Å². The van der Waals surface area contributed by atoms with Crippen LogP contribution in [0.25, 0.3) is 100 Å². The van der Waals surface area contributed by atoms with Gasteiger partial charge in [0.05, 0.1) is 15.2 Å². The molecule has 0 aliphatic rings. The second-order valence-corrected chi connectivity index (χ2v) is 11.9. The predicted molar refractivity (Wildman–Crippen MR) is 202 cm³/mol. The number of hydrogen-bond donors (Lipinski definition) is 0. The Morgan fingerprint density at radius 3 is 1.76 bits per heavy atom. The van der Waals surface area contributed by atoms with Crippen molar-refractivity contribution < 1.29 is 18.4 Å². The molecule has 0 aliphatic carbocycles. The number of benzene rings is 7. The molecule has 234 valence electrons. The minimum absolute atomic E-state index is 0.00823. The average molecular weight is 649 g/mol. The highest BCUT2D eigenvalue weighted by atomic mass is 16.3. The maximum absolute atomic E-state index is 9.08. The van der Waals surface area contributed by atoms with Gasteiger partial charge in [0.15, 0.2) is 17.5 Å². The fourth-order valence-electron chi connectivity index (χ4n) is 6.35. The van der Waals surface area contributed by atoms with Gasteiger partial charge in [0, 0.05) is 32.7 Å². The summed E-state index contributed by atoms with van der Waals surface area (Å²) in [6.45, 7) is 0. The van der Waals surface area contributed by atoms with Crippen molar-refractivity contribution in [2.75, 3.05) is 0 Å². The van der Waals surface area contributed by atoms with Gasteiger partial charge in [0.2, 0.25) is 0 Å². The zero-order valence-corrected chi connectivity index (χ0v) is 26.2. The lowest BCUT2D eigenvalue weighted by molar-refractivity contribution is 0.669. The molecule has 10 rings (SSSR count). The van der Waals surface area contributed by atoms with Gasteiger partial charge in [-0.15, -0.1) is 0 Å². The summed E-state index contributed by atoms with van der Waals surface area (Å²) >= 11 is 0. The largest absolute Gasteiger partial charge is 0.456 e. The third-order valence-corrected chi connectivity index (χ3v) is 8.85. The van der Waals surface area contributed by atoms with Crippen molar-refractivity contribution in [3.8, 4) is 56.4 Å². The Morgan fingerprint density at radius 2 is 0.980 bits per heavy atom. The Bertz CT molecular complexity index is 3250. The molecule has 0 saturated carbocycles. The van der Waals surface area contributed by atoms with Gasteiger partial charge in [-0.05, 0) is 52.5 Å². The first-order valence-electron chi connectivity index (χ1n) is 19.5. The summed E-state index contributed by atoms with van der Waals surface area (Å²) < 4.78 is 72.2. The highest BCUT2D eigenvalue weighted by Crippen LogP contribution is 2.37.